The standard InChI is InChI=1S/C26H23F3N4O3S/c1-25(2,20-13-14-30-15-19(20)22(34)32(3)16-7-5-4-6-8-16)21-23(35)33(24(36)31-21)17-9-11-18(12-10-17)37-26(27,28)29/h4-15,21H,1-3H3,(H,31,36). The van der Waals surface area contributed by atoms with Crippen LogP contribution in [0.5, 0.6) is 0 Å². The van der Waals surface area contributed by atoms with Crippen molar-refractivity contribution < 1.29 is 27.6 Å². The first-order valence-electron chi connectivity index (χ1n) is 11.2. The van der Waals surface area contributed by atoms with Crippen molar-refractivity contribution in [2.75, 3.05) is 16.8 Å². The number of amides is 4. The molecule has 0 spiro atoms. The molecule has 0 aliphatic carbocycles. The molecule has 0 radical (unpaired) electrons. The van der Waals surface area contributed by atoms with Gasteiger partial charge in [-0.05, 0) is 59.8 Å². The molecule has 1 saturated heterocycles. The lowest BCUT2D eigenvalue weighted by molar-refractivity contribution is -0.119. The summed E-state index contributed by atoms with van der Waals surface area (Å²) in [5.74, 6) is -0.924. The van der Waals surface area contributed by atoms with Gasteiger partial charge >= 0.3 is 11.5 Å². The van der Waals surface area contributed by atoms with Gasteiger partial charge in [0.25, 0.3) is 11.8 Å². The van der Waals surface area contributed by atoms with E-state index in [9.17, 15) is 27.6 Å². The van der Waals surface area contributed by atoms with Crippen LogP contribution in [0.1, 0.15) is 29.8 Å². The number of pyridine rings is 1. The van der Waals surface area contributed by atoms with E-state index in [4.69, 9.17) is 0 Å². The van der Waals surface area contributed by atoms with E-state index in [0.717, 1.165) is 4.90 Å². The molecule has 4 rings (SSSR count). The zero-order valence-electron chi connectivity index (χ0n) is 20.1. The number of nitrogens with zero attached hydrogens (tertiary/aromatic N) is 3. The maximum atomic E-state index is 13.4. The molecule has 1 N–H and O–H groups in total. The molecule has 3 aromatic rings. The molecular weight excluding hydrogens is 505 g/mol. The van der Waals surface area contributed by atoms with Crippen LogP contribution in [-0.4, -0.2) is 41.4 Å². The first kappa shape index (κ1) is 26.2. The van der Waals surface area contributed by atoms with Crippen molar-refractivity contribution in [3.8, 4) is 0 Å². The van der Waals surface area contributed by atoms with Gasteiger partial charge in [-0.3, -0.25) is 14.6 Å². The van der Waals surface area contributed by atoms with E-state index in [1.165, 1.54) is 41.6 Å². The van der Waals surface area contributed by atoms with Gasteiger partial charge < -0.3 is 10.2 Å². The molecule has 2 aromatic carbocycles. The van der Waals surface area contributed by atoms with Gasteiger partial charge in [0.2, 0.25) is 0 Å². The van der Waals surface area contributed by atoms with Gasteiger partial charge in [-0.2, -0.15) is 13.2 Å². The molecule has 1 unspecified atom stereocenters. The smallest absolute Gasteiger partial charge is 0.325 e. The molecule has 1 fully saturated rings. The summed E-state index contributed by atoms with van der Waals surface area (Å²) in [7, 11) is 1.63. The van der Waals surface area contributed by atoms with Gasteiger partial charge in [-0.15, -0.1) is 0 Å². The van der Waals surface area contributed by atoms with Gasteiger partial charge in [-0.1, -0.05) is 32.0 Å². The zero-order chi connectivity index (χ0) is 27.0. The number of thioether (sulfide) groups is 1. The molecule has 0 saturated carbocycles. The molecule has 1 aliphatic rings. The molecule has 192 valence electrons. The lowest BCUT2D eigenvalue weighted by Crippen LogP contribution is -2.47. The molecule has 0 bridgehead atoms. The van der Waals surface area contributed by atoms with Crippen molar-refractivity contribution in [3.63, 3.8) is 0 Å². The molecule has 1 aromatic heterocycles. The Balaban J connectivity index is 1.62. The number of nitrogens with one attached hydrogen (secondary N) is 1. The van der Waals surface area contributed by atoms with Crippen molar-refractivity contribution in [3.05, 3.63) is 84.2 Å². The maximum absolute atomic E-state index is 13.4. The SMILES string of the molecule is CN(C(=O)c1cnccc1C(C)(C)C1NC(=O)N(c2ccc(SC(F)(F)F)cc2)C1=O)c1ccccc1. The third-order valence-corrected chi connectivity index (χ3v) is 6.92. The topological polar surface area (TPSA) is 82.6 Å². The van der Waals surface area contributed by atoms with Gasteiger partial charge in [-0.25, -0.2) is 9.69 Å². The van der Waals surface area contributed by atoms with Crippen LogP contribution in [0.4, 0.5) is 29.3 Å². The van der Waals surface area contributed by atoms with Gasteiger partial charge in [0.05, 0.1) is 11.3 Å². The average Bonchev–Trinajstić information content (AvgIpc) is 3.17. The van der Waals surface area contributed by atoms with Crippen LogP contribution >= 0.6 is 11.8 Å². The number of anilines is 2. The van der Waals surface area contributed by atoms with E-state index >= 15 is 0 Å². The number of imide groups is 1. The van der Waals surface area contributed by atoms with Crippen molar-refractivity contribution in [2.45, 2.75) is 35.7 Å². The highest BCUT2D eigenvalue weighted by Gasteiger charge is 2.49. The van der Waals surface area contributed by atoms with Crippen molar-refractivity contribution >= 4 is 41.0 Å². The maximum Gasteiger partial charge on any atom is 0.446 e. The second-order valence-corrected chi connectivity index (χ2v) is 10.1. The van der Waals surface area contributed by atoms with Crippen molar-refractivity contribution in [1.82, 2.24) is 10.3 Å². The van der Waals surface area contributed by atoms with Crippen LogP contribution in [0.15, 0.2) is 78.0 Å². The Hall–Kier alpha value is -3.86. The third kappa shape index (κ3) is 5.31. The largest absolute Gasteiger partial charge is 0.446 e. The van der Waals surface area contributed by atoms with Gasteiger partial charge in [0.15, 0.2) is 0 Å². The summed E-state index contributed by atoms with van der Waals surface area (Å²) in [5, 5.41) is 2.68. The van der Waals surface area contributed by atoms with E-state index in [-0.39, 0.29) is 33.8 Å². The van der Waals surface area contributed by atoms with Crippen LogP contribution in [0.2, 0.25) is 0 Å². The predicted octanol–water partition coefficient (Wildman–Crippen LogP) is 5.37. The molecular formula is C26H23F3N4O3S. The molecule has 2 heterocycles. The number of rotatable bonds is 6. The predicted molar refractivity (Wildman–Crippen MR) is 135 cm³/mol. The van der Waals surface area contributed by atoms with Crippen LogP contribution in [-0.2, 0) is 10.2 Å². The Morgan fingerprint density at radius 1 is 1.03 bits per heavy atom. The summed E-state index contributed by atoms with van der Waals surface area (Å²) in [6.07, 6.45) is 2.93. The van der Waals surface area contributed by atoms with Crippen LogP contribution < -0.4 is 15.1 Å². The third-order valence-electron chi connectivity index (χ3n) is 6.18. The first-order chi connectivity index (χ1) is 17.4. The molecule has 1 aliphatic heterocycles. The highest BCUT2D eigenvalue weighted by molar-refractivity contribution is 8.00. The number of aromatic nitrogens is 1. The fourth-order valence-electron chi connectivity index (χ4n) is 4.24. The first-order valence-corrected chi connectivity index (χ1v) is 12.0. The van der Waals surface area contributed by atoms with Crippen LogP contribution in [0.3, 0.4) is 0 Å². The number of carbonyl (C=O) groups excluding carboxylic acids is 3. The number of benzene rings is 2. The Morgan fingerprint density at radius 2 is 1.68 bits per heavy atom. The molecule has 11 heteroatoms. The summed E-state index contributed by atoms with van der Waals surface area (Å²) in [4.78, 5) is 46.1. The summed E-state index contributed by atoms with van der Waals surface area (Å²) in [6, 6.07) is 13.9. The minimum atomic E-state index is -4.45. The summed E-state index contributed by atoms with van der Waals surface area (Å²) in [6.45, 7) is 3.47. The van der Waals surface area contributed by atoms with Crippen molar-refractivity contribution in [2.24, 2.45) is 0 Å². The normalized spacial score (nSPS) is 16.1. The molecule has 1 atom stereocenters. The van der Waals surface area contributed by atoms with Crippen LogP contribution in [0, 0.1) is 0 Å². The lowest BCUT2D eigenvalue weighted by atomic mass is 9.75. The Bertz CT molecular complexity index is 1330. The number of urea groups is 1. The second kappa shape index (κ2) is 9.89. The number of alkyl halides is 3. The quantitative estimate of drug-likeness (QED) is 0.344. The summed E-state index contributed by atoms with van der Waals surface area (Å²) >= 11 is -0.285. The van der Waals surface area contributed by atoms with E-state index in [0.29, 0.717) is 11.3 Å². The number of para-hydroxylation sites is 1. The monoisotopic (exact) mass is 528 g/mol. The van der Waals surface area contributed by atoms with Crippen LogP contribution in [0.25, 0.3) is 0 Å². The summed E-state index contributed by atoms with van der Waals surface area (Å²) < 4.78 is 37.9. The lowest BCUT2D eigenvalue weighted by Gasteiger charge is -2.32. The average molecular weight is 529 g/mol. The number of carbonyl (C=O) groups is 3. The van der Waals surface area contributed by atoms with E-state index in [1.807, 2.05) is 18.2 Å². The van der Waals surface area contributed by atoms with E-state index < -0.39 is 28.9 Å². The molecule has 7 nitrogen and oxygen atoms in total. The van der Waals surface area contributed by atoms with E-state index in [1.54, 1.807) is 39.1 Å². The zero-order valence-corrected chi connectivity index (χ0v) is 20.9. The van der Waals surface area contributed by atoms with Gasteiger partial charge in [0, 0.05) is 35.4 Å². The van der Waals surface area contributed by atoms with E-state index in [2.05, 4.69) is 10.3 Å². The Labute approximate surface area is 215 Å². The fraction of sp³-hybridized carbons (Fsp3) is 0.231. The minimum Gasteiger partial charge on any atom is -0.325 e. The highest BCUT2D eigenvalue weighted by atomic mass is 32.2. The number of hydrogen-bond acceptors (Lipinski definition) is 5. The van der Waals surface area contributed by atoms with Gasteiger partial charge in [0.1, 0.15) is 6.04 Å². The second-order valence-electron chi connectivity index (χ2n) is 8.94. The summed E-state index contributed by atoms with van der Waals surface area (Å²) in [5.41, 5.74) is -3.91. The Morgan fingerprint density at radius 3 is 2.30 bits per heavy atom. The molecule has 4 amide bonds. The Kier molecular flexibility index (Phi) is 7.00. The molecule has 37 heavy (non-hydrogen) atoms. The minimum absolute atomic E-state index is 0.0670. The highest BCUT2D eigenvalue weighted by Crippen LogP contribution is 2.38. The van der Waals surface area contributed by atoms with Crippen molar-refractivity contribution in [1.29, 1.82) is 0 Å². The fourth-order valence-corrected chi connectivity index (χ4v) is 4.78. The number of hydrogen-bond donors (Lipinski definition) is 1. The number of halogens is 3.